The Hall–Kier alpha value is -1.58. The van der Waals surface area contributed by atoms with Crippen LogP contribution < -0.4 is 5.32 Å². The molecule has 4 heteroatoms. The first-order valence-corrected chi connectivity index (χ1v) is 6.36. The quantitative estimate of drug-likeness (QED) is 0.888. The molecule has 1 aromatic heterocycles. The van der Waals surface area contributed by atoms with Crippen molar-refractivity contribution < 1.29 is 4.79 Å². The third-order valence-corrected chi connectivity index (χ3v) is 3.46. The maximum absolute atomic E-state index is 11.7. The van der Waals surface area contributed by atoms with Gasteiger partial charge in [-0.1, -0.05) is 0 Å². The van der Waals surface area contributed by atoms with E-state index in [2.05, 4.69) is 24.1 Å². The Morgan fingerprint density at radius 3 is 2.50 bits per heavy atom. The molecule has 1 N–H and O–H groups in total. The second-order valence-electron chi connectivity index (χ2n) is 5.75. The van der Waals surface area contributed by atoms with Crippen LogP contribution in [0, 0.1) is 5.92 Å². The Kier molecular flexibility index (Phi) is 3.28. The van der Waals surface area contributed by atoms with Gasteiger partial charge in [-0.05, 0) is 44.7 Å². The highest BCUT2D eigenvalue weighted by Gasteiger charge is 2.37. The number of hydrogen-bond donors (Lipinski definition) is 1. The van der Waals surface area contributed by atoms with Gasteiger partial charge >= 0.3 is 0 Å². The number of nitrogens with zero attached hydrogens (tertiary/aromatic N) is 2. The van der Waals surface area contributed by atoms with Crippen LogP contribution in [0.5, 0.6) is 0 Å². The second kappa shape index (κ2) is 4.59. The first kappa shape index (κ1) is 12.9. The van der Waals surface area contributed by atoms with Crippen LogP contribution in [-0.2, 0) is 0 Å². The molecule has 98 valence electrons. The molecule has 0 atom stereocenters. The third kappa shape index (κ3) is 2.81. The first-order valence-electron chi connectivity index (χ1n) is 6.36. The van der Waals surface area contributed by atoms with Gasteiger partial charge in [-0.3, -0.25) is 4.79 Å². The molecule has 0 unspecified atom stereocenters. The lowest BCUT2D eigenvalue weighted by Crippen LogP contribution is -2.33. The van der Waals surface area contributed by atoms with Gasteiger partial charge in [-0.15, -0.1) is 0 Å². The van der Waals surface area contributed by atoms with Crippen LogP contribution in [0.4, 0.5) is 5.82 Å². The van der Waals surface area contributed by atoms with Crippen molar-refractivity contribution in [3.8, 4) is 0 Å². The topological polar surface area (TPSA) is 45.2 Å². The summed E-state index contributed by atoms with van der Waals surface area (Å²) in [6.07, 6.45) is 4.21. The predicted molar refractivity (Wildman–Crippen MR) is 72.7 cm³/mol. The zero-order valence-corrected chi connectivity index (χ0v) is 11.5. The van der Waals surface area contributed by atoms with E-state index in [1.165, 1.54) is 12.8 Å². The van der Waals surface area contributed by atoms with E-state index in [1.54, 1.807) is 25.2 Å². The molecule has 1 heterocycles. The Morgan fingerprint density at radius 2 is 2.06 bits per heavy atom. The van der Waals surface area contributed by atoms with Crippen molar-refractivity contribution in [2.75, 3.05) is 19.4 Å². The number of aromatic nitrogens is 1. The summed E-state index contributed by atoms with van der Waals surface area (Å²) in [6.45, 7) is 4.40. The van der Waals surface area contributed by atoms with Gasteiger partial charge in [0.2, 0.25) is 0 Å². The molecule has 1 amide bonds. The predicted octanol–water partition coefficient (Wildman–Crippen LogP) is 2.38. The van der Waals surface area contributed by atoms with Gasteiger partial charge < -0.3 is 10.2 Å². The lowest BCUT2D eigenvalue weighted by molar-refractivity contribution is 0.0827. The fourth-order valence-electron chi connectivity index (χ4n) is 2.09. The Labute approximate surface area is 108 Å². The van der Waals surface area contributed by atoms with Crippen molar-refractivity contribution in [3.63, 3.8) is 0 Å². The average molecular weight is 247 g/mol. The summed E-state index contributed by atoms with van der Waals surface area (Å²) < 4.78 is 0. The molecule has 18 heavy (non-hydrogen) atoms. The van der Waals surface area contributed by atoms with Crippen molar-refractivity contribution in [2.24, 2.45) is 5.92 Å². The number of hydrogen-bond acceptors (Lipinski definition) is 3. The summed E-state index contributed by atoms with van der Waals surface area (Å²) in [7, 11) is 3.48. The Balaban J connectivity index is 2.06. The van der Waals surface area contributed by atoms with Crippen molar-refractivity contribution in [2.45, 2.75) is 32.2 Å². The van der Waals surface area contributed by atoms with Crippen LogP contribution in [-0.4, -0.2) is 35.4 Å². The van der Waals surface area contributed by atoms with Gasteiger partial charge in [-0.2, -0.15) is 0 Å². The zero-order chi connectivity index (χ0) is 13.3. The molecule has 0 saturated heterocycles. The van der Waals surface area contributed by atoms with Crippen LogP contribution >= 0.6 is 0 Å². The minimum Gasteiger partial charge on any atom is -0.365 e. The molecule has 0 aliphatic heterocycles. The summed E-state index contributed by atoms with van der Waals surface area (Å²) in [5.74, 6) is 1.56. The number of amides is 1. The number of rotatable bonds is 4. The molecule has 0 radical (unpaired) electrons. The van der Waals surface area contributed by atoms with Crippen molar-refractivity contribution in [1.82, 2.24) is 9.88 Å². The maximum atomic E-state index is 11.7. The van der Waals surface area contributed by atoms with Crippen LogP contribution in [0.1, 0.15) is 37.0 Å². The van der Waals surface area contributed by atoms with Gasteiger partial charge in [0.1, 0.15) is 5.82 Å². The lowest BCUT2D eigenvalue weighted by Gasteiger charge is -2.26. The number of carbonyl (C=O) groups is 1. The number of pyridine rings is 1. The van der Waals surface area contributed by atoms with E-state index >= 15 is 0 Å². The first-order chi connectivity index (χ1) is 8.40. The lowest BCUT2D eigenvalue weighted by atomic mass is 9.99. The largest absolute Gasteiger partial charge is 0.365 e. The standard InChI is InChI=1S/C14H21N3O/c1-14(2,11-6-7-11)16-12-8-5-10(9-15-12)13(18)17(3)4/h5,8-9,11H,6-7H2,1-4H3,(H,15,16). The molecule has 1 saturated carbocycles. The van der Waals surface area contributed by atoms with Crippen molar-refractivity contribution >= 4 is 11.7 Å². The highest BCUT2D eigenvalue weighted by molar-refractivity contribution is 5.93. The van der Waals surface area contributed by atoms with Gasteiger partial charge in [0.25, 0.3) is 5.91 Å². The summed E-state index contributed by atoms with van der Waals surface area (Å²) in [5.41, 5.74) is 0.704. The minimum atomic E-state index is -0.0181. The van der Waals surface area contributed by atoms with E-state index in [1.807, 2.05) is 12.1 Å². The van der Waals surface area contributed by atoms with E-state index < -0.39 is 0 Å². The summed E-state index contributed by atoms with van der Waals surface area (Å²) in [6, 6.07) is 3.70. The summed E-state index contributed by atoms with van der Waals surface area (Å²) >= 11 is 0. The molecule has 0 aromatic carbocycles. The number of carbonyl (C=O) groups excluding carboxylic acids is 1. The molecule has 4 nitrogen and oxygen atoms in total. The minimum absolute atomic E-state index is 0.0181. The van der Waals surface area contributed by atoms with Crippen molar-refractivity contribution in [3.05, 3.63) is 23.9 Å². The van der Waals surface area contributed by atoms with E-state index in [0.29, 0.717) is 5.56 Å². The van der Waals surface area contributed by atoms with Crippen LogP contribution in [0.3, 0.4) is 0 Å². The van der Waals surface area contributed by atoms with Gasteiger partial charge in [0.15, 0.2) is 0 Å². The maximum Gasteiger partial charge on any atom is 0.254 e. The summed E-state index contributed by atoms with van der Waals surface area (Å²) in [4.78, 5) is 17.6. The van der Waals surface area contributed by atoms with E-state index in [4.69, 9.17) is 0 Å². The third-order valence-electron chi connectivity index (χ3n) is 3.46. The smallest absolute Gasteiger partial charge is 0.254 e. The van der Waals surface area contributed by atoms with Crippen LogP contribution in [0.15, 0.2) is 18.3 Å². The van der Waals surface area contributed by atoms with Gasteiger partial charge in [0.05, 0.1) is 5.56 Å². The fourth-order valence-corrected chi connectivity index (χ4v) is 2.09. The molecular formula is C14H21N3O. The van der Waals surface area contributed by atoms with E-state index in [-0.39, 0.29) is 11.4 Å². The molecule has 1 aromatic rings. The normalized spacial score (nSPS) is 15.3. The van der Waals surface area contributed by atoms with Crippen LogP contribution in [0.25, 0.3) is 0 Å². The molecule has 1 fully saturated rings. The number of anilines is 1. The van der Waals surface area contributed by atoms with Crippen molar-refractivity contribution in [1.29, 1.82) is 0 Å². The zero-order valence-electron chi connectivity index (χ0n) is 11.5. The molecule has 0 bridgehead atoms. The fraction of sp³-hybridized carbons (Fsp3) is 0.571. The summed E-state index contributed by atoms with van der Waals surface area (Å²) in [5, 5.41) is 3.44. The van der Waals surface area contributed by atoms with E-state index in [0.717, 1.165) is 11.7 Å². The second-order valence-corrected chi connectivity index (χ2v) is 5.75. The highest BCUT2D eigenvalue weighted by Crippen LogP contribution is 2.40. The SMILES string of the molecule is CN(C)C(=O)c1ccc(NC(C)(C)C2CC2)nc1. The van der Waals surface area contributed by atoms with Gasteiger partial charge in [0, 0.05) is 25.8 Å². The van der Waals surface area contributed by atoms with Crippen LogP contribution in [0.2, 0.25) is 0 Å². The van der Waals surface area contributed by atoms with E-state index in [9.17, 15) is 4.79 Å². The Morgan fingerprint density at radius 1 is 1.39 bits per heavy atom. The molecule has 1 aliphatic rings. The van der Waals surface area contributed by atoms with Gasteiger partial charge in [-0.25, -0.2) is 4.98 Å². The monoisotopic (exact) mass is 247 g/mol. The molecular weight excluding hydrogens is 226 g/mol. The molecule has 2 rings (SSSR count). The Bertz CT molecular complexity index is 433. The molecule has 0 spiro atoms. The number of nitrogens with one attached hydrogen (secondary N) is 1. The molecule has 1 aliphatic carbocycles. The average Bonchev–Trinajstić information content (AvgIpc) is 3.12. The highest BCUT2D eigenvalue weighted by atomic mass is 16.2.